The van der Waals surface area contributed by atoms with Gasteiger partial charge in [0.15, 0.2) is 0 Å². The molecule has 1 fully saturated rings. The third-order valence-electron chi connectivity index (χ3n) is 4.07. The quantitative estimate of drug-likeness (QED) is 0.917. The number of carbonyl (C=O) groups excluding carboxylic acids is 1. The highest BCUT2D eigenvalue weighted by atomic mass is 35.5. The van der Waals surface area contributed by atoms with Crippen molar-refractivity contribution in [3.63, 3.8) is 0 Å². The van der Waals surface area contributed by atoms with Crippen molar-refractivity contribution in [1.82, 2.24) is 20.0 Å². The van der Waals surface area contributed by atoms with Gasteiger partial charge in [-0.3, -0.25) is 9.48 Å². The van der Waals surface area contributed by atoms with Crippen LogP contribution in [0, 0.1) is 0 Å². The molecule has 5 nitrogen and oxygen atoms in total. The number of hydrogen-bond acceptors (Lipinski definition) is 3. The fraction of sp³-hybridized carbons (Fsp3) is 0.375. The number of benzene rings is 1. The van der Waals surface area contributed by atoms with E-state index in [-0.39, 0.29) is 24.4 Å². The van der Waals surface area contributed by atoms with Crippen LogP contribution in [0.3, 0.4) is 0 Å². The second-order valence-electron chi connectivity index (χ2n) is 5.58. The average molecular weight is 355 g/mol. The highest BCUT2D eigenvalue weighted by Crippen LogP contribution is 2.17. The molecule has 1 atom stereocenters. The van der Waals surface area contributed by atoms with E-state index >= 15 is 0 Å². The largest absolute Gasteiger partial charge is 0.337 e. The Kier molecular flexibility index (Phi) is 6.04. The Bertz CT molecular complexity index is 668. The summed E-state index contributed by atoms with van der Waals surface area (Å²) in [5.41, 5.74) is 1.60. The normalized spacial score (nSPS) is 16.9. The van der Waals surface area contributed by atoms with Gasteiger partial charge in [-0.15, -0.1) is 12.4 Å². The summed E-state index contributed by atoms with van der Waals surface area (Å²) in [7, 11) is 1.85. The number of nitrogens with zero attached hydrogens (tertiary/aromatic N) is 3. The van der Waals surface area contributed by atoms with Gasteiger partial charge in [-0.25, -0.2) is 0 Å². The lowest BCUT2D eigenvalue weighted by Crippen LogP contribution is -2.38. The fourth-order valence-corrected chi connectivity index (χ4v) is 2.90. The number of likely N-dealkylation sites (N-methyl/N-ethyl adjacent to an activating group) is 1. The molecule has 124 valence electrons. The molecule has 2 aromatic rings. The van der Waals surface area contributed by atoms with Crippen LogP contribution in [0.5, 0.6) is 0 Å². The van der Waals surface area contributed by atoms with Crippen molar-refractivity contribution in [3.05, 3.63) is 52.8 Å². The Morgan fingerprint density at radius 2 is 2.26 bits per heavy atom. The molecule has 1 aromatic carbocycles. The summed E-state index contributed by atoms with van der Waals surface area (Å²) in [6, 6.07) is 7.92. The van der Waals surface area contributed by atoms with Gasteiger partial charge < -0.3 is 10.2 Å². The van der Waals surface area contributed by atoms with Crippen molar-refractivity contribution in [2.75, 3.05) is 20.1 Å². The van der Waals surface area contributed by atoms with E-state index in [4.69, 9.17) is 11.6 Å². The Morgan fingerprint density at radius 1 is 1.48 bits per heavy atom. The highest BCUT2D eigenvalue weighted by Gasteiger charge is 2.24. The molecule has 3 rings (SSSR count). The molecular weight excluding hydrogens is 335 g/mol. The molecule has 1 aliphatic rings. The van der Waals surface area contributed by atoms with Gasteiger partial charge in [-0.05, 0) is 24.6 Å². The third kappa shape index (κ3) is 4.05. The van der Waals surface area contributed by atoms with Crippen LogP contribution in [-0.4, -0.2) is 46.8 Å². The monoisotopic (exact) mass is 354 g/mol. The SMILES string of the molecule is CN(C(=O)c1cnn(Cc2ccccc2Cl)c1)C1CCNC1.Cl. The number of carbonyl (C=O) groups is 1. The highest BCUT2D eigenvalue weighted by molar-refractivity contribution is 6.31. The predicted octanol–water partition coefficient (Wildman–Crippen LogP) is 2.44. The van der Waals surface area contributed by atoms with E-state index in [1.807, 2.05) is 31.3 Å². The summed E-state index contributed by atoms with van der Waals surface area (Å²) in [6.07, 6.45) is 4.40. The van der Waals surface area contributed by atoms with E-state index in [9.17, 15) is 4.79 Å². The summed E-state index contributed by atoms with van der Waals surface area (Å²) in [5, 5.41) is 8.26. The molecule has 1 saturated heterocycles. The zero-order chi connectivity index (χ0) is 15.5. The van der Waals surface area contributed by atoms with Crippen molar-refractivity contribution in [3.8, 4) is 0 Å². The van der Waals surface area contributed by atoms with Crippen LogP contribution < -0.4 is 5.32 Å². The first-order valence-electron chi connectivity index (χ1n) is 7.39. The van der Waals surface area contributed by atoms with E-state index in [0.717, 1.165) is 25.1 Å². The Hall–Kier alpha value is -1.56. The standard InChI is InChI=1S/C16H19ClN4O.ClH/c1-20(14-6-7-18-9-14)16(22)13-8-19-21(11-13)10-12-4-2-3-5-15(12)17;/h2-5,8,11,14,18H,6-7,9-10H2,1H3;1H. The van der Waals surface area contributed by atoms with Gasteiger partial charge in [0.2, 0.25) is 0 Å². The number of nitrogens with one attached hydrogen (secondary N) is 1. The van der Waals surface area contributed by atoms with Crippen molar-refractivity contribution in [2.45, 2.75) is 19.0 Å². The van der Waals surface area contributed by atoms with Crippen molar-refractivity contribution in [2.24, 2.45) is 0 Å². The van der Waals surface area contributed by atoms with Gasteiger partial charge in [-0.2, -0.15) is 5.10 Å². The van der Waals surface area contributed by atoms with Crippen LogP contribution in [0.4, 0.5) is 0 Å². The van der Waals surface area contributed by atoms with E-state index in [0.29, 0.717) is 17.1 Å². The molecule has 1 amide bonds. The lowest BCUT2D eigenvalue weighted by molar-refractivity contribution is 0.0743. The first kappa shape index (κ1) is 17.8. The molecular formula is C16H20Cl2N4O. The van der Waals surface area contributed by atoms with Crippen molar-refractivity contribution in [1.29, 1.82) is 0 Å². The zero-order valence-corrected chi connectivity index (χ0v) is 14.5. The average Bonchev–Trinajstić information content (AvgIpc) is 3.19. The smallest absolute Gasteiger partial charge is 0.257 e. The van der Waals surface area contributed by atoms with Crippen LogP contribution in [-0.2, 0) is 6.54 Å². The maximum Gasteiger partial charge on any atom is 0.257 e. The number of amides is 1. The van der Waals surface area contributed by atoms with E-state index in [1.165, 1.54) is 0 Å². The predicted molar refractivity (Wildman–Crippen MR) is 93.4 cm³/mol. The van der Waals surface area contributed by atoms with Gasteiger partial charge in [0.25, 0.3) is 5.91 Å². The second kappa shape index (κ2) is 7.81. The van der Waals surface area contributed by atoms with Crippen molar-refractivity contribution >= 4 is 29.9 Å². The fourth-order valence-electron chi connectivity index (χ4n) is 2.70. The lowest BCUT2D eigenvalue weighted by Gasteiger charge is -2.23. The van der Waals surface area contributed by atoms with Crippen LogP contribution in [0.25, 0.3) is 0 Å². The Labute approximate surface area is 147 Å². The Balaban J connectivity index is 0.00000192. The molecule has 0 aliphatic carbocycles. The molecule has 23 heavy (non-hydrogen) atoms. The molecule has 1 N–H and O–H groups in total. The summed E-state index contributed by atoms with van der Waals surface area (Å²) in [5.74, 6) is 0.0131. The number of halogens is 2. The number of aromatic nitrogens is 2. The number of rotatable bonds is 4. The minimum absolute atomic E-state index is 0. The maximum atomic E-state index is 12.5. The van der Waals surface area contributed by atoms with Gasteiger partial charge >= 0.3 is 0 Å². The van der Waals surface area contributed by atoms with Crippen LogP contribution in [0.2, 0.25) is 5.02 Å². The van der Waals surface area contributed by atoms with Gasteiger partial charge in [0, 0.05) is 30.9 Å². The third-order valence-corrected chi connectivity index (χ3v) is 4.44. The molecule has 7 heteroatoms. The molecule has 0 saturated carbocycles. The molecule has 0 radical (unpaired) electrons. The van der Waals surface area contributed by atoms with Crippen molar-refractivity contribution < 1.29 is 4.79 Å². The molecule has 1 aliphatic heterocycles. The summed E-state index contributed by atoms with van der Waals surface area (Å²) >= 11 is 6.16. The second-order valence-corrected chi connectivity index (χ2v) is 5.99. The molecule has 2 heterocycles. The van der Waals surface area contributed by atoms with Crippen LogP contribution in [0.1, 0.15) is 22.3 Å². The minimum Gasteiger partial charge on any atom is -0.337 e. The first-order chi connectivity index (χ1) is 10.6. The zero-order valence-electron chi connectivity index (χ0n) is 12.9. The van der Waals surface area contributed by atoms with Gasteiger partial charge in [-0.1, -0.05) is 29.8 Å². The first-order valence-corrected chi connectivity index (χ1v) is 7.76. The van der Waals surface area contributed by atoms with Crippen LogP contribution in [0.15, 0.2) is 36.7 Å². The van der Waals surface area contributed by atoms with E-state index in [2.05, 4.69) is 10.4 Å². The van der Waals surface area contributed by atoms with E-state index in [1.54, 1.807) is 22.0 Å². The van der Waals surface area contributed by atoms with E-state index < -0.39 is 0 Å². The topological polar surface area (TPSA) is 50.2 Å². The summed E-state index contributed by atoms with van der Waals surface area (Å²) in [4.78, 5) is 14.3. The maximum absolute atomic E-state index is 12.5. The molecule has 0 bridgehead atoms. The molecule has 1 unspecified atom stereocenters. The number of hydrogen-bond donors (Lipinski definition) is 1. The lowest BCUT2D eigenvalue weighted by atomic mass is 10.2. The van der Waals surface area contributed by atoms with Crippen LogP contribution >= 0.6 is 24.0 Å². The summed E-state index contributed by atoms with van der Waals surface area (Å²) in [6.45, 7) is 2.38. The van der Waals surface area contributed by atoms with Gasteiger partial charge in [0.1, 0.15) is 0 Å². The molecule has 1 aromatic heterocycles. The Morgan fingerprint density at radius 3 is 2.96 bits per heavy atom. The summed E-state index contributed by atoms with van der Waals surface area (Å²) < 4.78 is 1.75. The molecule has 0 spiro atoms. The minimum atomic E-state index is 0. The van der Waals surface area contributed by atoms with Gasteiger partial charge in [0.05, 0.1) is 18.3 Å².